The molecule has 118 valence electrons. The molecule has 21 heavy (non-hydrogen) atoms. The number of hydrogen-bond acceptors (Lipinski definition) is 6. The first-order valence-corrected chi connectivity index (χ1v) is 6.63. The van der Waals surface area contributed by atoms with Gasteiger partial charge in [0.25, 0.3) is 0 Å². The highest BCUT2D eigenvalue weighted by atomic mass is 16.5. The summed E-state index contributed by atoms with van der Waals surface area (Å²) in [7, 11) is 2.44. The highest BCUT2D eigenvalue weighted by molar-refractivity contribution is 5.93. The zero-order valence-electron chi connectivity index (χ0n) is 12.3. The van der Waals surface area contributed by atoms with Gasteiger partial charge in [0.05, 0.1) is 20.6 Å². The van der Waals surface area contributed by atoms with Gasteiger partial charge in [-0.1, -0.05) is 6.92 Å². The van der Waals surface area contributed by atoms with Crippen molar-refractivity contribution in [2.75, 3.05) is 14.2 Å². The van der Waals surface area contributed by atoms with Gasteiger partial charge < -0.3 is 20.1 Å². The van der Waals surface area contributed by atoms with Crippen LogP contribution in [0.4, 0.5) is 0 Å². The fraction of sp³-hybridized carbons (Fsp3) is 0.692. The van der Waals surface area contributed by atoms with E-state index < -0.39 is 35.8 Å². The summed E-state index contributed by atoms with van der Waals surface area (Å²) < 4.78 is 9.18. The third-order valence-electron chi connectivity index (χ3n) is 3.35. The van der Waals surface area contributed by atoms with E-state index in [9.17, 15) is 19.2 Å². The maximum atomic E-state index is 12.0. The van der Waals surface area contributed by atoms with Crippen LogP contribution >= 0.6 is 0 Å². The van der Waals surface area contributed by atoms with E-state index in [-0.39, 0.29) is 18.7 Å². The number of carbonyl (C=O) groups is 4. The van der Waals surface area contributed by atoms with Crippen LogP contribution in [0.15, 0.2) is 0 Å². The number of hydrogen-bond donors (Lipinski definition) is 2. The number of esters is 2. The van der Waals surface area contributed by atoms with Crippen LogP contribution in [0.1, 0.15) is 26.2 Å². The van der Waals surface area contributed by atoms with Crippen LogP contribution in [0.5, 0.6) is 0 Å². The van der Waals surface area contributed by atoms with E-state index in [0.717, 1.165) is 0 Å². The molecule has 0 bridgehead atoms. The molecule has 2 N–H and O–H groups in total. The zero-order chi connectivity index (χ0) is 16.0. The fourth-order valence-corrected chi connectivity index (χ4v) is 2.09. The highest BCUT2D eigenvalue weighted by Crippen LogP contribution is 2.13. The van der Waals surface area contributed by atoms with Crippen molar-refractivity contribution >= 4 is 23.8 Å². The normalized spacial score (nSPS) is 20.1. The number of rotatable bonds is 6. The van der Waals surface area contributed by atoms with Gasteiger partial charge in [-0.05, 0) is 12.3 Å². The van der Waals surface area contributed by atoms with Crippen molar-refractivity contribution < 1.29 is 28.7 Å². The van der Waals surface area contributed by atoms with Gasteiger partial charge in [0.2, 0.25) is 11.8 Å². The molecule has 0 aromatic carbocycles. The van der Waals surface area contributed by atoms with E-state index in [0.29, 0.717) is 6.42 Å². The van der Waals surface area contributed by atoms with Crippen LogP contribution in [0.25, 0.3) is 0 Å². The second-order valence-corrected chi connectivity index (χ2v) is 4.93. The fourth-order valence-electron chi connectivity index (χ4n) is 2.09. The lowest BCUT2D eigenvalue weighted by atomic mass is 9.97. The molecule has 2 amide bonds. The first-order chi connectivity index (χ1) is 9.88. The number of ether oxygens (including phenoxy) is 2. The van der Waals surface area contributed by atoms with E-state index in [1.165, 1.54) is 14.2 Å². The van der Waals surface area contributed by atoms with Crippen molar-refractivity contribution in [1.82, 2.24) is 10.6 Å². The molecule has 3 atom stereocenters. The monoisotopic (exact) mass is 300 g/mol. The summed E-state index contributed by atoms with van der Waals surface area (Å²) in [4.78, 5) is 46.2. The summed E-state index contributed by atoms with van der Waals surface area (Å²) >= 11 is 0. The zero-order valence-corrected chi connectivity index (χ0v) is 12.3. The van der Waals surface area contributed by atoms with Gasteiger partial charge in [0.1, 0.15) is 12.1 Å². The molecule has 1 aliphatic heterocycles. The Bertz CT molecular complexity index is 436. The van der Waals surface area contributed by atoms with E-state index in [1.54, 1.807) is 6.92 Å². The van der Waals surface area contributed by atoms with Crippen LogP contribution in [0.2, 0.25) is 0 Å². The van der Waals surface area contributed by atoms with Crippen molar-refractivity contribution in [3.8, 4) is 0 Å². The molecule has 0 aromatic rings. The maximum Gasteiger partial charge on any atom is 0.328 e. The van der Waals surface area contributed by atoms with Gasteiger partial charge in [0, 0.05) is 6.42 Å². The molecule has 0 spiro atoms. The summed E-state index contributed by atoms with van der Waals surface area (Å²) in [6, 6.07) is -1.63. The minimum atomic E-state index is -0.973. The van der Waals surface area contributed by atoms with Crippen molar-refractivity contribution in [3.05, 3.63) is 0 Å². The standard InChI is InChI=1S/C13H20N2O6/c1-7(6-10(17)20-2)11(13(19)21-3)15-12(18)8-4-5-9(16)14-8/h7-8,11H,4-6H2,1-3H3,(H,14,16)(H,15,18)/t7-,8+,11-/m0/s1. The summed E-state index contributed by atoms with van der Waals surface area (Å²) in [6.07, 6.45) is 0.621. The predicted octanol–water partition coefficient (Wildman–Crippen LogP) is -0.878. The Balaban J connectivity index is 2.69. The smallest absolute Gasteiger partial charge is 0.328 e. The predicted molar refractivity (Wildman–Crippen MR) is 70.9 cm³/mol. The molecule has 0 aromatic heterocycles. The van der Waals surface area contributed by atoms with E-state index in [1.807, 2.05) is 0 Å². The average Bonchev–Trinajstić information content (AvgIpc) is 2.89. The Labute approximate surface area is 122 Å². The summed E-state index contributed by atoms with van der Waals surface area (Å²) in [5.41, 5.74) is 0. The minimum absolute atomic E-state index is 0.0342. The largest absolute Gasteiger partial charge is 0.469 e. The van der Waals surface area contributed by atoms with Crippen molar-refractivity contribution in [2.45, 2.75) is 38.3 Å². The molecule has 1 heterocycles. The molecule has 0 unspecified atom stereocenters. The Morgan fingerprint density at radius 1 is 1.33 bits per heavy atom. The summed E-state index contributed by atoms with van der Waals surface area (Å²) in [5.74, 6) is -2.30. The number of methoxy groups -OCH3 is 2. The molecular formula is C13H20N2O6. The van der Waals surface area contributed by atoms with Gasteiger partial charge in [-0.3, -0.25) is 14.4 Å². The molecule has 0 aliphatic carbocycles. The second-order valence-electron chi connectivity index (χ2n) is 4.93. The lowest BCUT2D eigenvalue weighted by Gasteiger charge is -2.23. The van der Waals surface area contributed by atoms with Crippen LogP contribution < -0.4 is 10.6 Å². The van der Waals surface area contributed by atoms with Crippen molar-refractivity contribution in [1.29, 1.82) is 0 Å². The van der Waals surface area contributed by atoms with Gasteiger partial charge in [-0.25, -0.2) is 4.79 Å². The van der Waals surface area contributed by atoms with Crippen LogP contribution in [-0.4, -0.2) is 50.1 Å². The van der Waals surface area contributed by atoms with E-state index in [2.05, 4.69) is 20.1 Å². The molecule has 8 heteroatoms. The molecule has 1 aliphatic rings. The molecule has 1 fully saturated rings. The number of amides is 2. The molecule has 0 radical (unpaired) electrons. The van der Waals surface area contributed by atoms with Gasteiger partial charge in [-0.15, -0.1) is 0 Å². The molecule has 1 saturated heterocycles. The second kappa shape index (κ2) is 7.61. The van der Waals surface area contributed by atoms with Gasteiger partial charge >= 0.3 is 11.9 Å². The number of nitrogens with one attached hydrogen (secondary N) is 2. The third-order valence-corrected chi connectivity index (χ3v) is 3.35. The SMILES string of the molecule is COC(=O)C[C@H](C)[C@H](NC(=O)[C@H]1CCC(=O)N1)C(=O)OC. The van der Waals surface area contributed by atoms with Crippen LogP contribution in [0.3, 0.4) is 0 Å². The van der Waals surface area contributed by atoms with Gasteiger partial charge in [-0.2, -0.15) is 0 Å². The Hall–Kier alpha value is -2.12. The minimum Gasteiger partial charge on any atom is -0.469 e. The average molecular weight is 300 g/mol. The lowest BCUT2D eigenvalue weighted by Crippen LogP contribution is -2.51. The lowest BCUT2D eigenvalue weighted by molar-refractivity contribution is -0.148. The first kappa shape index (κ1) is 16.9. The molecule has 8 nitrogen and oxygen atoms in total. The highest BCUT2D eigenvalue weighted by Gasteiger charge is 2.34. The van der Waals surface area contributed by atoms with E-state index in [4.69, 9.17) is 0 Å². The van der Waals surface area contributed by atoms with Crippen molar-refractivity contribution in [3.63, 3.8) is 0 Å². The number of carbonyl (C=O) groups excluding carboxylic acids is 4. The molecular weight excluding hydrogens is 280 g/mol. The molecule has 1 rings (SSSR count). The Kier molecular flexibility index (Phi) is 6.13. The quantitative estimate of drug-likeness (QED) is 0.616. The summed E-state index contributed by atoms with van der Waals surface area (Å²) in [6.45, 7) is 1.63. The van der Waals surface area contributed by atoms with Crippen molar-refractivity contribution in [2.24, 2.45) is 5.92 Å². The van der Waals surface area contributed by atoms with E-state index >= 15 is 0 Å². The third kappa shape index (κ3) is 4.73. The first-order valence-electron chi connectivity index (χ1n) is 6.63. The topological polar surface area (TPSA) is 111 Å². The Morgan fingerprint density at radius 2 is 2.00 bits per heavy atom. The summed E-state index contributed by atoms with van der Waals surface area (Å²) in [5, 5.41) is 5.04. The van der Waals surface area contributed by atoms with Gasteiger partial charge in [0.15, 0.2) is 0 Å². The Morgan fingerprint density at radius 3 is 2.48 bits per heavy atom. The van der Waals surface area contributed by atoms with Crippen LogP contribution in [-0.2, 0) is 28.7 Å². The molecule has 0 saturated carbocycles. The maximum absolute atomic E-state index is 12.0. The van der Waals surface area contributed by atoms with Crippen LogP contribution in [0, 0.1) is 5.92 Å².